The summed E-state index contributed by atoms with van der Waals surface area (Å²) >= 11 is 0. The van der Waals surface area contributed by atoms with Crippen molar-refractivity contribution in [2.24, 2.45) is 11.5 Å². The largest absolute Gasteiger partial charge is 0.489 e. The number of carboxylic acid groups (broad SMARTS) is 4. The summed E-state index contributed by atoms with van der Waals surface area (Å²) in [6, 6.07) is 14.2. The molecule has 0 bridgehead atoms. The molecule has 14 N–H and O–H groups in total. The van der Waals surface area contributed by atoms with Crippen LogP contribution < -0.4 is 51.7 Å². The summed E-state index contributed by atoms with van der Waals surface area (Å²) in [7, 11) is 0. The van der Waals surface area contributed by atoms with E-state index in [0.717, 1.165) is 24.3 Å². The summed E-state index contributed by atoms with van der Waals surface area (Å²) in [4.78, 5) is 98.5. The molecule has 350 valence electrons. The first-order chi connectivity index (χ1) is 30.3. The molecule has 0 heterocycles. The molecule has 0 spiro atoms. The maximum atomic E-state index is 13.3. The number of carboxylic acids is 4. The fourth-order valence-corrected chi connectivity index (χ4v) is 5.29. The molecule has 26 heteroatoms. The van der Waals surface area contributed by atoms with Gasteiger partial charge in [-0.25, -0.2) is 19.2 Å². The standard InChI is InChI=1S/C40H38N8O16.2ClH/c41-39(42)45-21-5-1-19(2-6-21)37(59)63-23-9-11-25(33(53)47-27(35(55)56)17-31(49)50)29(15-23)61-13-14-62-30-16-24(64-38(60)20-3-7-22(8-4-20)46-40(43)44)10-12-26(30)34(54)48-28(36(57)58)18-32(51)52;;/h1-12,15-16,27-28H,13-14,17-18H2,(H,47,53)(H,48,54)(H,49,50)(H,51,52)(H,55,56)(H,57,58)(H4,41,42,45)(H4,43,44,46);2*1H. The van der Waals surface area contributed by atoms with Crippen LogP contribution in [0.5, 0.6) is 23.0 Å². The second kappa shape index (κ2) is 24.9. The molecule has 0 aromatic heterocycles. The summed E-state index contributed by atoms with van der Waals surface area (Å²) in [5, 5.41) is 61.2. The number of hydrogen-bond acceptors (Lipinski definition) is 14. The van der Waals surface area contributed by atoms with E-state index in [0.29, 0.717) is 11.4 Å². The predicted molar refractivity (Wildman–Crippen MR) is 235 cm³/mol. The van der Waals surface area contributed by atoms with Crippen molar-refractivity contribution in [2.75, 3.05) is 23.8 Å². The van der Waals surface area contributed by atoms with Crippen molar-refractivity contribution in [2.45, 2.75) is 24.9 Å². The Morgan fingerprint density at radius 2 is 0.864 bits per heavy atom. The maximum absolute atomic E-state index is 13.3. The molecule has 0 aliphatic carbocycles. The van der Waals surface area contributed by atoms with E-state index in [1.54, 1.807) is 0 Å². The lowest BCUT2D eigenvalue weighted by molar-refractivity contribution is -0.145. The predicted octanol–water partition coefficient (Wildman–Crippen LogP) is 2.35. The van der Waals surface area contributed by atoms with Crippen molar-refractivity contribution in [3.63, 3.8) is 0 Å². The normalized spacial score (nSPS) is 11.0. The number of guanidine groups is 2. The van der Waals surface area contributed by atoms with Gasteiger partial charge in [0.15, 0.2) is 11.9 Å². The third-order valence-electron chi connectivity index (χ3n) is 8.18. The molecule has 2 amide bonds. The van der Waals surface area contributed by atoms with E-state index in [1.165, 1.54) is 60.7 Å². The van der Waals surface area contributed by atoms with Crippen molar-refractivity contribution in [3.8, 4) is 23.0 Å². The van der Waals surface area contributed by atoms with Crippen molar-refractivity contribution in [1.82, 2.24) is 10.6 Å². The van der Waals surface area contributed by atoms with E-state index in [-0.39, 0.29) is 82.0 Å². The molecular formula is C40H40Cl2N8O16. The second-order valence-electron chi connectivity index (χ2n) is 12.9. The Balaban J connectivity index is 0.00000748. The Labute approximate surface area is 384 Å². The van der Waals surface area contributed by atoms with Gasteiger partial charge in [0.25, 0.3) is 11.8 Å². The molecule has 0 fully saturated rings. The lowest BCUT2D eigenvalue weighted by Gasteiger charge is -2.18. The van der Waals surface area contributed by atoms with Crippen molar-refractivity contribution in [3.05, 3.63) is 107 Å². The number of amides is 2. The van der Waals surface area contributed by atoms with Gasteiger partial charge in [0.1, 0.15) is 48.3 Å². The van der Waals surface area contributed by atoms with E-state index in [4.69, 9.17) is 51.4 Å². The number of carbonyl (C=O) groups excluding carboxylic acids is 4. The van der Waals surface area contributed by atoms with Gasteiger partial charge in [-0.2, -0.15) is 0 Å². The number of nitrogens with one attached hydrogen (secondary N) is 6. The molecule has 0 saturated carbocycles. The number of halogens is 2. The molecule has 4 aromatic carbocycles. The summed E-state index contributed by atoms with van der Waals surface area (Å²) in [5.41, 5.74) is 10.8. The van der Waals surface area contributed by atoms with Crippen molar-refractivity contribution < 1.29 is 77.7 Å². The first kappa shape index (κ1) is 53.5. The van der Waals surface area contributed by atoms with Crippen LogP contribution in [0.15, 0.2) is 84.9 Å². The van der Waals surface area contributed by atoms with E-state index < -0.39 is 85.8 Å². The Morgan fingerprint density at radius 1 is 0.530 bits per heavy atom. The molecule has 4 aromatic rings. The number of carbonyl (C=O) groups is 8. The molecule has 0 radical (unpaired) electrons. The monoisotopic (exact) mass is 958 g/mol. The minimum Gasteiger partial charge on any atom is -0.489 e. The topological polar surface area (TPSA) is 402 Å². The van der Waals surface area contributed by atoms with Gasteiger partial charge in [-0.1, -0.05) is 0 Å². The number of rotatable bonds is 21. The molecular weight excluding hydrogens is 919 g/mol. The Morgan fingerprint density at radius 3 is 1.15 bits per heavy atom. The highest BCUT2D eigenvalue weighted by atomic mass is 35.5. The zero-order chi connectivity index (χ0) is 47.1. The van der Waals surface area contributed by atoms with Crippen LogP contribution in [0.2, 0.25) is 0 Å². The number of anilines is 2. The van der Waals surface area contributed by atoms with Gasteiger partial charge in [0, 0.05) is 23.5 Å². The van der Waals surface area contributed by atoms with E-state index in [2.05, 4.69) is 21.3 Å². The van der Waals surface area contributed by atoms with Crippen LogP contribution in [0.25, 0.3) is 0 Å². The zero-order valence-electron chi connectivity index (χ0n) is 33.7. The number of ether oxygens (including phenoxy) is 4. The molecule has 0 aliphatic rings. The average molecular weight is 960 g/mol. The molecule has 24 nitrogen and oxygen atoms in total. The smallest absolute Gasteiger partial charge is 0.343 e. The molecule has 0 saturated heterocycles. The number of esters is 2. The van der Waals surface area contributed by atoms with Crippen molar-refractivity contribution in [1.29, 1.82) is 10.8 Å². The average Bonchev–Trinajstić information content (AvgIpc) is 3.21. The highest BCUT2D eigenvalue weighted by Crippen LogP contribution is 2.29. The van der Waals surface area contributed by atoms with E-state index >= 15 is 0 Å². The first-order valence-corrected chi connectivity index (χ1v) is 18.2. The fourth-order valence-electron chi connectivity index (χ4n) is 5.29. The van der Waals surface area contributed by atoms with Crippen LogP contribution in [-0.2, 0) is 19.2 Å². The molecule has 66 heavy (non-hydrogen) atoms. The SMILES string of the molecule is Cl.Cl.N=C(N)Nc1ccc(C(=O)Oc2ccc(C(=O)NC(CC(=O)O)C(=O)O)c(OCCOc3cc(OC(=O)c4ccc(NC(=N)N)cc4)ccc3C(=O)NC(CC(=O)O)C(=O)O)c2)cc1. The first-order valence-electron chi connectivity index (χ1n) is 18.2. The van der Waals surface area contributed by atoms with Gasteiger partial charge in [0.05, 0.1) is 35.1 Å². The number of hydrogen-bond donors (Lipinski definition) is 12. The Kier molecular flexibility index (Phi) is 20.1. The summed E-state index contributed by atoms with van der Waals surface area (Å²) < 4.78 is 22.4. The molecule has 2 unspecified atom stereocenters. The lowest BCUT2D eigenvalue weighted by Crippen LogP contribution is -2.42. The van der Waals surface area contributed by atoms with Gasteiger partial charge in [-0.15, -0.1) is 24.8 Å². The second-order valence-corrected chi connectivity index (χ2v) is 12.9. The van der Waals surface area contributed by atoms with E-state index in [9.17, 15) is 48.6 Å². The van der Waals surface area contributed by atoms with Crippen LogP contribution in [0.4, 0.5) is 11.4 Å². The molecule has 2 atom stereocenters. The van der Waals surface area contributed by atoms with Gasteiger partial charge < -0.3 is 72.1 Å². The van der Waals surface area contributed by atoms with Crippen LogP contribution >= 0.6 is 24.8 Å². The summed E-state index contributed by atoms with van der Waals surface area (Å²) in [6.07, 6.45) is -1.97. The minimum absolute atomic E-state index is 0. The fraction of sp³-hybridized carbons (Fsp3) is 0.150. The van der Waals surface area contributed by atoms with Crippen LogP contribution in [-0.4, -0.2) is 105 Å². The third-order valence-corrected chi connectivity index (χ3v) is 8.18. The number of benzene rings is 4. The highest BCUT2D eigenvalue weighted by molar-refractivity contribution is 6.01. The summed E-state index contributed by atoms with van der Waals surface area (Å²) in [5.74, 6) is -12.1. The van der Waals surface area contributed by atoms with Crippen LogP contribution in [0.1, 0.15) is 54.3 Å². The van der Waals surface area contributed by atoms with Gasteiger partial charge in [0.2, 0.25) is 0 Å². The number of aliphatic carboxylic acids is 4. The van der Waals surface area contributed by atoms with Gasteiger partial charge in [-0.05, 0) is 72.8 Å². The Bertz CT molecular complexity index is 2320. The van der Waals surface area contributed by atoms with E-state index in [1.807, 2.05) is 0 Å². The minimum atomic E-state index is -1.87. The highest BCUT2D eigenvalue weighted by Gasteiger charge is 2.27. The van der Waals surface area contributed by atoms with Gasteiger partial charge >= 0.3 is 35.8 Å². The molecule has 0 aliphatic heterocycles. The zero-order valence-corrected chi connectivity index (χ0v) is 35.4. The van der Waals surface area contributed by atoms with Crippen LogP contribution in [0.3, 0.4) is 0 Å². The van der Waals surface area contributed by atoms with Crippen LogP contribution in [0, 0.1) is 10.8 Å². The van der Waals surface area contributed by atoms with Gasteiger partial charge in [-0.3, -0.25) is 30.0 Å². The number of nitrogens with two attached hydrogens (primary N) is 2. The Hall–Kier alpha value is -8.64. The molecule has 4 rings (SSSR count). The lowest BCUT2D eigenvalue weighted by atomic mass is 10.1. The van der Waals surface area contributed by atoms with Crippen molar-refractivity contribution >= 4 is 95.7 Å². The summed E-state index contributed by atoms with van der Waals surface area (Å²) in [6.45, 7) is -0.996. The quantitative estimate of drug-likeness (QED) is 0.0187. The third kappa shape index (κ3) is 16.2. The maximum Gasteiger partial charge on any atom is 0.343 e.